The van der Waals surface area contributed by atoms with E-state index in [1.54, 1.807) is 0 Å². The topological polar surface area (TPSA) is 16.1 Å². The van der Waals surface area contributed by atoms with Gasteiger partial charge >= 0.3 is 0 Å². The first kappa shape index (κ1) is 11.1. The highest BCUT2D eigenvalue weighted by atomic mass is 15.1. The van der Waals surface area contributed by atoms with Crippen molar-refractivity contribution in [2.45, 2.75) is 39.0 Å². The molecule has 17 heavy (non-hydrogen) atoms. The Balaban J connectivity index is 1.58. The summed E-state index contributed by atoms with van der Waals surface area (Å²) in [5.74, 6) is 2.08. The lowest BCUT2D eigenvalue weighted by Crippen LogP contribution is -2.37. The molecule has 0 atom stereocenters. The normalized spacial score (nSPS) is 22.5. The molecule has 3 rings (SSSR count). The Kier molecular flexibility index (Phi) is 3.04. The summed E-state index contributed by atoms with van der Waals surface area (Å²) in [6, 6.07) is 4.33. The third-order valence-electron chi connectivity index (χ3n) is 4.62. The average Bonchev–Trinajstić information content (AvgIpc) is 2.29. The van der Waals surface area contributed by atoms with Crippen LogP contribution in [0.15, 0.2) is 18.3 Å². The number of piperidine rings is 1. The number of aryl methyl sites for hydroxylation is 1. The van der Waals surface area contributed by atoms with Crippen molar-refractivity contribution < 1.29 is 0 Å². The zero-order valence-electron chi connectivity index (χ0n) is 10.7. The molecule has 1 aliphatic carbocycles. The summed E-state index contributed by atoms with van der Waals surface area (Å²) >= 11 is 0. The number of hydrogen-bond acceptors (Lipinski definition) is 2. The van der Waals surface area contributed by atoms with Crippen LogP contribution in [-0.4, -0.2) is 18.1 Å². The lowest BCUT2D eigenvalue weighted by molar-refractivity contribution is 0.176. The number of anilines is 1. The van der Waals surface area contributed by atoms with Gasteiger partial charge in [-0.2, -0.15) is 0 Å². The fourth-order valence-corrected chi connectivity index (χ4v) is 3.19. The summed E-state index contributed by atoms with van der Waals surface area (Å²) in [5, 5.41) is 0. The van der Waals surface area contributed by atoms with Crippen molar-refractivity contribution in [1.29, 1.82) is 0 Å². The van der Waals surface area contributed by atoms with E-state index in [0.717, 1.165) is 17.5 Å². The predicted molar refractivity (Wildman–Crippen MR) is 71.3 cm³/mol. The summed E-state index contributed by atoms with van der Waals surface area (Å²) in [7, 11) is 0. The SMILES string of the molecule is Cc1ccc(N2CCC(C3CCC3)CC2)cn1. The third kappa shape index (κ3) is 2.31. The number of rotatable bonds is 2. The van der Waals surface area contributed by atoms with Crippen LogP contribution in [0.3, 0.4) is 0 Å². The second-order valence-corrected chi connectivity index (χ2v) is 5.67. The molecule has 2 heteroatoms. The van der Waals surface area contributed by atoms with Gasteiger partial charge < -0.3 is 4.90 Å². The monoisotopic (exact) mass is 230 g/mol. The van der Waals surface area contributed by atoms with Gasteiger partial charge in [-0.15, -0.1) is 0 Å². The van der Waals surface area contributed by atoms with Crippen molar-refractivity contribution in [3.05, 3.63) is 24.0 Å². The molecule has 0 N–H and O–H groups in total. The molecule has 1 aromatic rings. The summed E-state index contributed by atoms with van der Waals surface area (Å²) in [4.78, 5) is 6.90. The van der Waals surface area contributed by atoms with Gasteiger partial charge in [0, 0.05) is 18.8 Å². The number of nitrogens with zero attached hydrogens (tertiary/aromatic N) is 2. The van der Waals surface area contributed by atoms with Gasteiger partial charge in [0.05, 0.1) is 11.9 Å². The molecular weight excluding hydrogens is 208 g/mol. The number of aromatic nitrogens is 1. The van der Waals surface area contributed by atoms with Crippen LogP contribution in [-0.2, 0) is 0 Å². The van der Waals surface area contributed by atoms with Crippen molar-refractivity contribution >= 4 is 5.69 Å². The third-order valence-corrected chi connectivity index (χ3v) is 4.62. The van der Waals surface area contributed by atoms with E-state index in [4.69, 9.17) is 0 Å². The molecule has 0 bridgehead atoms. The van der Waals surface area contributed by atoms with Crippen molar-refractivity contribution in [2.24, 2.45) is 11.8 Å². The van der Waals surface area contributed by atoms with Crippen LogP contribution in [0.25, 0.3) is 0 Å². The predicted octanol–water partition coefficient (Wildman–Crippen LogP) is 3.41. The fourth-order valence-electron chi connectivity index (χ4n) is 3.19. The highest BCUT2D eigenvalue weighted by Crippen LogP contribution is 2.39. The van der Waals surface area contributed by atoms with Crippen LogP contribution < -0.4 is 4.90 Å². The molecule has 2 heterocycles. The van der Waals surface area contributed by atoms with Crippen LogP contribution in [0, 0.1) is 18.8 Å². The minimum absolute atomic E-state index is 1.01. The molecule has 1 saturated heterocycles. The van der Waals surface area contributed by atoms with E-state index in [1.807, 2.05) is 13.1 Å². The summed E-state index contributed by atoms with van der Waals surface area (Å²) in [6.07, 6.45) is 9.27. The fraction of sp³-hybridized carbons (Fsp3) is 0.667. The maximum absolute atomic E-state index is 4.39. The lowest BCUT2D eigenvalue weighted by atomic mass is 9.72. The van der Waals surface area contributed by atoms with Gasteiger partial charge in [-0.1, -0.05) is 19.3 Å². The van der Waals surface area contributed by atoms with Crippen LogP contribution in [0.5, 0.6) is 0 Å². The Morgan fingerprint density at radius 2 is 1.76 bits per heavy atom. The molecule has 1 saturated carbocycles. The molecule has 0 radical (unpaired) electrons. The zero-order valence-corrected chi connectivity index (χ0v) is 10.7. The quantitative estimate of drug-likeness (QED) is 0.774. The maximum Gasteiger partial charge on any atom is 0.0552 e. The highest BCUT2D eigenvalue weighted by Gasteiger charge is 2.30. The first-order valence-corrected chi connectivity index (χ1v) is 7.00. The Labute approximate surface area is 104 Å². The van der Waals surface area contributed by atoms with Crippen molar-refractivity contribution in [2.75, 3.05) is 18.0 Å². The number of hydrogen-bond donors (Lipinski definition) is 0. The van der Waals surface area contributed by atoms with Crippen LogP contribution in [0.2, 0.25) is 0 Å². The minimum atomic E-state index is 1.01. The van der Waals surface area contributed by atoms with Crippen LogP contribution >= 0.6 is 0 Å². The van der Waals surface area contributed by atoms with Gasteiger partial charge in [-0.25, -0.2) is 0 Å². The van der Waals surface area contributed by atoms with E-state index in [9.17, 15) is 0 Å². The minimum Gasteiger partial charge on any atom is -0.370 e. The van der Waals surface area contributed by atoms with Crippen molar-refractivity contribution in [1.82, 2.24) is 4.98 Å². The average molecular weight is 230 g/mol. The highest BCUT2D eigenvalue weighted by molar-refractivity contribution is 5.44. The van der Waals surface area contributed by atoms with Gasteiger partial charge in [0.2, 0.25) is 0 Å². The Morgan fingerprint density at radius 1 is 1.06 bits per heavy atom. The van der Waals surface area contributed by atoms with E-state index in [2.05, 4.69) is 22.0 Å². The Hall–Kier alpha value is -1.05. The molecule has 1 aromatic heterocycles. The second kappa shape index (κ2) is 4.67. The smallest absolute Gasteiger partial charge is 0.0552 e. The van der Waals surface area contributed by atoms with Crippen LogP contribution in [0.4, 0.5) is 5.69 Å². The second-order valence-electron chi connectivity index (χ2n) is 5.67. The Morgan fingerprint density at radius 3 is 2.29 bits per heavy atom. The Bertz CT molecular complexity index is 359. The van der Waals surface area contributed by atoms with Gasteiger partial charge in [-0.05, 0) is 43.7 Å². The van der Waals surface area contributed by atoms with Crippen molar-refractivity contribution in [3.63, 3.8) is 0 Å². The van der Waals surface area contributed by atoms with E-state index in [1.165, 1.54) is 50.9 Å². The molecule has 1 aliphatic heterocycles. The molecule has 92 valence electrons. The standard InChI is InChI=1S/C15H22N2/c1-12-5-6-15(11-16-12)17-9-7-14(8-10-17)13-3-2-4-13/h5-6,11,13-14H,2-4,7-10H2,1H3. The first-order chi connectivity index (χ1) is 8.33. The molecule has 0 aromatic carbocycles. The van der Waals surface area contributed by atoms with E-state index >= 15 is 0 Å². The summed E-state index contributed by atoms with van der Waals surface area (Å²) in [6.45, 7) is 4.50. The molecule has 2 nitrogen and oxygen atoms in total. The van der Waals surface area contributed by atoms with Gasteiger partial charge in [-0.3, -0.25) is 4.98 Å². The van der Waals surface area contributed by atoms with Gasteiger partial charge in [0.25, 0.3) is 0 Å². The van der Waals surface area contributed by atoms with Gasteiger partial charge in [0.1, 0.15) is 0 Å². The molecule has 0 amide bonds. The maximum atomic E-state index is 4.39. The first-order valence-electron chi connectivity index (χ1n) is 7.00. The molecule has 2 aliphatic rings. The number of pyridine rings is 1. The van der Waals surface area contributed by atoms with Crippen LogP contribution in [0.1, 0.15) is 37.8 Å². The molecule has 0 unspecified atom stereocenters. The summed E-state index contributed by atoms with van der Waals surface area (Å²) < 4.78 is 0. The van der Waals surface area contributed by atoms with Crippen molar-refractivity contribution in [3.8, 4) is 0 Å². The largest absolute Gasteiger partial charge is 0.370 e. The summed E-state index contributed by atoms with van der Waals surface area (Å²) in [5.41, 5.74) is 2.42. The van der Waals surface area contributed by atoms with E-state index in [0.29, 0.717) is 0 Å². The molecule has 0 spiro atoms. The van der Waals surface area contributed by atoms with E-state index < -0.39 is 0 Å². The lowest BCUT2D eigenvalue weighted by Gasteiger charge is -2.40. The van der Waals surface area contributed by atoms with Gasteiger partial charge in [0.15, 0.2) is 0 Å². The molecular formula is C15H22N2. The van der Waals surface area contributed by atoms with E-state index in [-0.39, 0.29) is 0 Å². The zero-order chi connectivity index (χ0) is 11.7. The molecule has 2 fully saturated rings.